The summed E-state index contributed by atoms with van der Waals surface area (Å²) in [5.74, 6) is -0.853. The molecule has 1 atom stereocenters. The van der Waals surface area contributed by atoms with Gasteiger partial charge in [0, 0.05) is 11.3 Å². The zero-order valence-electron chi connectivity index (χ0n) is 18.5. The fraction of sp³-hybridized carbons (Fsp3) is 0.185. The molecule has 0 saturated carbocycles. The highest BCUT2D eigenvalue weighted by molar-refractivity contribution is 6.51. The van der Waals surface area contributed by atoms with E-state index in [0.29, 0.717) is 17.0 Å². The maximum absolute atomic E-state index is 13.3. The molecule has 5 heteroatoms. The smallest absolute Gasteiger partial charge is 0.300 e. The van der Waals surface area contributed by atoms with Crippen LogP contribution in [-0.2, 0) is 9.59 Å². The number of anilines is 1. The maximum Gasteiger partial charge on any atom is 0.300 e. The third-order valence-corrected chi connectivity index (χ3v) is 5.83. The number of ketones is 1. The van der Waals surface area contributed by atoms with Crippen LogP contribution in [0.15, 0.2) is 72.3 Å². The molecule has 5 nitrogen and oxygen atoms in total. The lowest BCUT2D eigenvalue weighted by atomic mass is 9.92. The van der Waals surface area contributed by atoms with Gasteiger partial charge < -0.3 is 9.84 Å². The Kier molecular flexibility index (Phi) is 5.57. The van der Waals surface area contributed by atoms with Gasteiger partial charge in [0.15, 0.2) is 0 Å². The molecule has 4 rings (SSSR count). The first kappa shape index (κ1) is 21.4. The van der Waals surface area contributed by atoms with Crippen molar-refractivity contribution in [1.29, 1.82) is 0 Å². The molecule has 1 aliphatic rings. The number of para-hydroxylation sites is 1. The molecule has 1 fully saturated rings. The molecule has 0 aliphatic carbocycles. The van der Waals surface area contributed by atoms with E-state index in [1.807, 2.05) is 69.3 Å². The number of Topliss-reactive ketones (excluding diaryl/α,β-unsaturated/α-hetero) is 1. The Morgan fingerprint density at radius 1 is 0.906 bits per heavy atom. The number of carbonyl (C=O) groups is 2. The Morgan fingerprint density at radius 3 is 2.28 bits per heavy atom. The fourth-order valence-electron chi connectivity index (χ4n) is 4.25. The third-order valence-electron chi connectivity index (χ3n) is 5.83. The van der Waals surface area contributed by atoms with Crippen LogP contribution >= 0.6 is 0 Å². The zero-order valence-corrected chi connectivity index (χ0v) is 18.5. The maximum atomic E-state index is 13.3. The van der Waals surface area contributed by atoms with Gasteiger partial charge in [0.25, 0.3) is 11.7 Å². The second-order valence-corrected chi connectivity index (χ2v) is 8.06. The average molecular weight is 428 g/mol. The van der Waals surface area contributed by atoms with E-state index in [0.717, 1.165) is 22.3 Å². The molecule has 1 N–H and O–H groups in total. The van der Waals surface area contributed by atoms with E-state index in [9.17, 15) is 14.7 Å². The van der Waals surface area contributed by atoms with E-state index in [-0.39, 0.29) is 11.3 Å². The van der Waals surface area contributed by atoms with Gasteiger partial charge in [-0.3, -0.25) is 14.5 Å². The van der Waals surface area contributed by atoms with Gasteiger partial charge in [0.1, 0.15) is 11.5 Å². The van der Waals surface area contributed by atoms with Gasteiger partial charge in [-0.25, -0.2) is 0 Å². The molecular weight excluding hydrogens is 402 g/mol. The molecule has 1 heterocycles. The number of ether oxygens (including phenoxy) is 1. The number of carbonyl (C=O) groups excluding carboxylic acids is 2. The van der Waals surface area contributed by atoms with Crippen LogP contribution in [0.5, 0.6) is 5.75 Å². The predicted octanol–water partition coefficient (Wildman–Crippen LogP) is 5.25. The van der Waals surface area contributed by atoms with Crippen LogP contribution in [0.25, 0.3) is 5.76 Å². The second kappa shape index (κ2) is 8.35. The number of benzene rings is 3. The Hall–Kier alpha value is -3.86. The van der Waals surface area contributed by atoms with Crippen molar-refractivity contribution in [3.05, 3.63) is 100 Å². The van der Waals surface area contributed by atoms with Crippen molar-refractivity contribution in [2.75, 3.05) is 12.0 Å². The van der Waals surface area contributed by atoms with Gasteiger partial charge in [0.05, 0.1) is 18.7 Å². The van der Waals surface area contributed by atoms with Gasteiger partial charge in [-0.1, -0.05) is 48.0 Å². The average Bonchev–Trinajstić information content (AvgIpc) is 3.06. The summed E-state index contributed by atoms with van der Waals surface area (Å²) in [6.45, 7) is 5.66. The minimum atomic E-state index is -0.737. The highest BCUT2D eigenvalue weighted by atomic mass is 16.5. The largest absolute Gasteiger partial charge is 0.507 e. The third kappa shape index (κ3) is 3.56. The normalized spacial score (nSPS) is 17.6. The number of aliphatic hydroxyl groups excluding tert-OH is 1. The Morgan fingerprint density at radius 2 is 1.62 bits per heavy atom. The molecule has 1 saturated heterocycles. The molecule has 1 aliphatic heterocycles. The summed E-state index contributed by atoms with van der Waals surface area (Å²) in [4.78, 5) is 27.9. The molecule has 3 aromatic rings. The summed E-state index contributed by atoms with van der Waals surface area (Å²) in [5, 5.41) is 11.4. The van der Waals surface area contributed by atoms with E-state index in [1.165, 1.54) is 4.90 Å². The number of hydrogen-bond acceptors (Lipinski definition) is 4. The highest BCUT2D eigenvalue weighted by Gasteiger charge is 2.47. The fourth-order valence-corrected chi connectivity index (χ4v) is 4.25. The minimum Gasteiger partial charge on any atom is -0.507 e. The summed E-state index contributed by atoms with van der Waals surface area (Å²) >= 11 is 0. The molecular formula is C27H25NO4. The van der Waals surface area contributed by atoms with Crippen molar-refractivity contribution >= 4 is 23.1 Å². The summed E-state index contributed by atoms with van der Waals surface area (Å²) in [6.07, 6.45) is 0. The molecule has 0 bridgehead atoms. The van der Waals surface area contributed by atoms with Crippen LogP contribution in [0.3, 0.4) is 0 Å². The van der Waals surface area contributed by atoms with Crippen LogP contribution in [0.4, 0.5) is 5.69 Å². The summed E-state index contributed by atoms with van der Waals surface area (Å²) in [6, 6.07) is 19.6. The molecule has 0 spiro atoms. The van der Waals surface area contributed by atoms with E-state index < -0.39 is 17.7 Å². The molecule has 162 valence electrons. The highest BCUT2D eigenvalue weighted by Crippen LogP contribution is 2.43. The van der Waals surface area contributed by atoms with Crippen LogP contribution in [0, 0.1) is 20.8 Å². The van der Waals surface area contributed by atoms with Crippen molar-refractivity contribution < 1.29 is 19.4 Å². The quantitative estimate of drug-likeness (QED) is 0.351. The van der Waals surface area contributed by atoms with Gasteiger partial charge in [-0.2, -0.15) is 0 Å². The van der Waals surface area contributed by atoms with Gasteiger partial charge in [-0.05, 0) is 61.7 Å². The number of nitrogens with zero attached hydrogens (tertiary/aromatic N) is 1. The summed E-state index contributed by atoms with van der Waals surface area (Å²) < 4.78 is 5.38. The van der Waals surface area contributed by atoms with Crippen LogP contribution in [0.1, 0.15) is 33.9 Å². The van der Waals surface area contributed by atoms with Gasteiger partial charge in [0.2, 0.25) is 0 Å². The number of aryl methyl sites for hydroxylation is 3. The van der Waals surface area contributed by atoms with E-state index in [4.69, 9.17) is 4.74 Å². The van der Waals surface area contributed by atoms with Crippen molar-refractivity contribution in [1.82, 2.24) is 0 Å². The summed E-state index contributed by atoms with van der Waals surface area (Å²) in [7, 11) is 1.59. The Bertz CT molecular complexity index is 1240. The van der Waals surface area contributed by atoms with Crippen molar-refractivity contribution in [2.45, 2.75) is 26.8 Å². The predicted molar refractivity (Wildman–Crippen MR) is 125 cm³/mol. The van der Waals surface area contributed by atoms with E-state index >= 15 is 0 Å². The molecule has 1 unspecified atom stereocenters. The molecule has 32 heavy (non-hydrogen) atoms. The molecule has 3 aromatic carbocycles. The van der Waals surface area contributed by atoms with Crippen LogP contribution < -0.4 is 9.64 Å². The van der Waals surface area contributed by atoms with Crippen LogP contribution in [0.2, 0.25) is 0 Å². The minimum absolute atomic E-state index is 0.0807. The van der Waals surface area contributed by atoms with Crippen LogP contribution in [-0.4, -0.2) is 23.9 Å². The number of amides is 1. The first-order valence-corrected chi connectivity index (χ1v) is 10.4. The van der Waals surface area contributed by atoms with Gasteiger partial charge >= 0.3 is 0 Å². The molecule has 1 amide bonds. The number of rotatable bonds is 4. The molecule has 0 radical (unpaired) electrons. The Labute approximate surface area is 187 Å². The first-order valence-electron chi connectivity index (χ1n) is 10.4. The topological polar surface area (TPSA) is 66.8 Å². The van der Waals surface area contributed by atoms with Crippen molar-refractivity contribution in [3.63, 3.8) is 0 Å². The first-order chi connectivity index (χ1) is 15.3. The molecule has 0 aromatic heterocycles. The van der Waals surface area contributed by atoms with Gasteiger partial charge in [-0.15, -0.1) is 0 Å². The lowest BCUT2D eigenvalue weighted by Gasteiger charge is -2.26. The van der Waals surface area contributed by atoms with Crippen molar-refractivity contribution in [3.8, 4) is 5.75 Å². The number of hydrogen-bond donors (Lipinski definition) is 1. The standard InChI is InChI=1S/C27H25NO4/c1-16-9-8-10-19(13-16)24-23(25(29)21-14-18(3)22(32-4)15-17(21)2)26(30)27(31)28(24)20-11-6-5-7-12-20/h5-15,24,29H,1-4H3/b25-23+. The lowest BCUT2D eigenvalue weighted by molar-refractivity contribution is -0.132. The van der Waals surface area contributed by atoms with E-state index in [1.54, 1.807) is 25.3 Å². The Balaban J connectivity index is 1.98. The van der Waals surface area contributed by atoms with E-state index in [2.05, 4.69) is 0 Å². The number of aliphatic hydroxyl groups is 1. The number of methoxy groups -OCH3 is 1. The monoisotopic (exact) mass is 427 g/mol. The SMILES string of the molecule is COc1cc(C)c(/C(O)=C2\C(=O)C(=O)N(c3ccccc3)C2c2cccc(C)c2)cc1C. The lowest BCUT2D eigenvalue weighted by Crippen LogP contribution is -2.29. The van der Waals surface area contributed by atoms with Crippen molar-refractivity contribution in [2.24, 2.45) is 0 Å². The zero-order chi connectivity index (χ0) is 23.0. The summed E-state index contributed by atoms with van der Waals surface area (Å²) in [5.41, 5.74) is 4.52. The second-order valence-electron chi connectivity index (χ2n) is 8.06.